The Morgan fingerprint density at radius 2 is 1.65 bits per heavy atom. The lowest BCUT2D eigenvalue weighted by Crippen LogP contribution is -2.34. The van der Waals surface area contributed by atoms with Crippen molar-refractivity contribution in [1.82, 2.24) is 4.90 Å². The molecule has 2 N–H and O–H groups in total. The van der Waals surface area contributed by atoms with Gasteiger partial charge in [-0.05, 0) is 61.0 Å². The minimum Gasteiger partial charge on any atom is -0.382 e. The number of nitrogens with zero attached hydrogens (tertiary/aromatic N) is 2. The number of hydrogen-bond acceptors (Lipinski definition) is 4. The molecule has 3 atom stereocenters. The van der Waals surface area contributed by atoms with E-state index >= 15 is 0 Å². The third kappa shape index (κ3) is 6.94. The smallest absolute Gasteiger partial charge is 0.159 e. The molecule has 0 amide bonds. The topological polar surface area (TPSA) is 58.7 Å². The number of Topliss-reactive ketones (excluding diaryl/α,β-unsaturated/α-hetero) is 1. The Hall–Kier alpha value is -2.62. The number of ketones is 1. The van der Waals surface area contributed by atoms with E-state index < -0.39 is 0 Å². The van der Waals surface area contributed by atoms with E-state index in [2.05, 4.69) is 58.0 Å². The molecule has 0 aliphatic carbocycles. The normalized spacial score (nSPS) is 17.9. The van der Waals surface area contributed by atoms with Gasteiger partial charge in [-0.1, -0.05) is 85.2 Å². The van der Waals surface area contributed by atoms with Crippen LogP contribution in [0.3, 0.4) is 0 Å². The van der Waals surface area contributed by atoms with E-state index in [1.807, 2.05) is 30.5 Å². The maximum absolute atomic E-state index is 11.8. The Kier molecular flexibility index (Phi) is 10.3. The molecule has 1 aromatic rings. The Morgan fingerprint density at radius 3 is 2.18 bits per heavy atom. The number of nitrogens with two attached hydrogens (primary N) is 1. The molecule has 1 aliphatic heterocycles. The maximum atomic E-state index is 11.8. The number of carbonyl (C=O) groups excluding carboxylic acids is 1. The van der Waals surface area contributed by atoms with Gasteiger partial charge in [-0.2, -0.15) is 0 Å². The molecule has 3 unspecified atom stereocenters. The zero-order valence-corrected chi connectivity index (χ0v) is 22.4. The third-order valence-electron chi connectivity index (χ3n) is 7.13. The van der Waals surface area contributed by atoms with Gasteiger partial charge >= 0.3 is 0 Å². The molecule has 4 heteroatoms. The van der Waals surface area contributed by atoms with Crippen LogP contribution in [0.1, 0.15) is 96.5 Å². The number of aliphatic imine (C=N–C) groups is 1. The van der Waals surface area contributed by atoms with Crippen LogP contribution in [0, 0.1) is 23.7 Å². The summed E-state index contributed by atoms with van der Waals surface area (Å²) in [5, 5.41) is 0. The van der Waals surface area contributed by atoms with Gasteiger partial charge in [0.15, 0.2) is 5.78 Å². The highest BCUT2D eigenvalue weighted by Gasteiger charge is 2.29. The Balaban J connectivity index is 2.59. The van der Waals surface area contributed by atoms with Gasteiger partial charge in [0, 0.05) is 23.7 Å². The summed E-state index contributed by atoms with van der Waals surface area (Å²) in [6, 6.07) is 7.88. The molecule has 2 rings (SSSR count). The van der Waals surface area contributed by atoms with Crippen LogP contribution in [0.15, 0.2) is 59.6 Å². The van der Waals surface area contributed by atoms with Gasteiger partial charge in [-0.25, -0.2) is 4.99 Å². The van der Waals surface area contributed by atoms with Crippen molar-refractivity contribution in [2.24, 2.45) is 34.4 Å². The first-order valence-corrected chi connectivity index (χ1v) is 12.9. The first-order chi connectivity index (χ1) is 16.1. The number of hydrogen-bond donors (Lipinski definition) is 1. The fraction of sp³-hybridized carbons (Fsp3) is 0.533. The van der Waals surface area contributed by atoms with Crippen LogP contribution >= 0.6 is 0 Å². The first kappa shape index (κ1) is 27.6. The molecule has 0 radical (unpaired) electrons. The molecular formula is C30H45N3O. The summed E-state index contributed by atoms with van der Waals surface area (Å²) in [5.41, 5.74) is 11.5. The minimum absolute atomic E-state index is 0.0685. The molecule has 1 aliphatic rings. The van der Waals surface area contributed by atoms with E-state index in [1.54, 1.807) is 13.1 Å². The molecule has 34 heavy (non-hydrogen) atoms. The predicted octanol–water partition coefficient (Wildman–Crippen LogP) is 7.79. The maximum Gasteiger partial charge on any atom is 0.159 e. The molecule has 186 valence electrons. The summed E-state index contributed by atoms with van der Waals surface area (Å²) in [6.07, 6.45) is 9.32. The summed E-state index contributed by atoms with van der Waals surface area (Å²) >= 11 is 0. The second-order valence-electron chi connectivity index (χ2n) is 10.3. The van der Waals surface area contributed by atoms with Gasteiger partial charge in [-0.15, -0.1) is 0 Å². The number of benzene rings is 1. The SMILES string of the molecule is C=C(C(CCC(C)C)CC(C)CC)N1C=CN=C(N)/C1=C(\c1ccc(C(C)=O)cc1)C(C)CC. The van der Waals surface area contributed by atoms with E-state index in [9.17, 15) is 4.79 Å². The van der Waals surface area contributed by atoms with Crippen LogP contribution in [-0.2, 0) is 0 Å². The zero-order chi connectivity index (χ0) is 25.4. The van der Waals surface area contributed by atoms with E-state index in [0.717, 1.165) is 48.2 Å². The first-order valence-electron chi connectivity index (χ1n) is 12.9. The zero-order valence-electron chi connectivity index (χ0n) is 22.4. The van der Waals surface area contributed by atoms with Crippen LogP contribution in [0.5, 0.6) is 0 Å². The molecule has 4 nitrogen and oxygen atoms in total. The van der Waals surface area contributed by atoms with Crippen LogP contribution in [0.4, 0.5) is 0 Å². The van der Waals surface area contributed by atoms with Crippen molar-refractivity contribution in [3.63, 3.8) is 0 Å². The Morgan fingerprint density at radius 1 is 1.03 bits per heavy atom. The summed E-state index contributed by atoms with van der Waals surface area (Å²) in [5.74, 6) is 2.51. The Labute approximate surface area is 207 Å². The van der Waals surface area contributed by atoms with Crippen molar-refractivity contribution in [2.45, 2.75) is 80.6 Å². The van der Waals surface area contributed by atoms with Crippen LogP contribution in [-0.4, -0.2) is 16.5 Å². The van der Waals surface area contributed by atoms with Gasteiger partial charge < -0.3 is 10.6 Å². The van der Waals surface area contributed by atoms with Gasteiger partial charge in [0.25, 0.3) is 0 Å². The number of rotatable bonds is 12. The second kappa shape index (κ2) is 12.7. The number of amidine groups is 1. The van der Waals surface area contributed by atoms with Crippen LogP contribution in [0.25, 0.3) is 5.57 Å². The lowest BCUT2D eigenvalue weighted by molar-refractivity contribution is 0.101. The number of allylic oxidation sites excluding steroid dienone is 2. The van der Waals surface area contributed by atoms with E-state index in [4.69, 9.17) is 5.73 Å². The van der Waals surface area contributed by atoms with Gasteiger partial charge in [0.05, 0.1) is 5.70 Å². The predicted molar refractivity (Wildman–Crippen MR) is 146 cm³/mol. The quantitative estimate of drug-likeness (QED) is 0.322. The standard InChI is InChI=1S/C30H45N3O/c1-9-21(5)19-27(12-11-20(3)4)23(7)33-18-17-32-30(31)29(33)28(22(6)10-2)26-15-13-25(14-16-26)24(8)34/h13-18,20-22,27H,7,9-12,19H2,1-6,8H3,(H2,31,32)/b29-28+. The molecule has 1 aromatic carbocycles. The van der Waals surface area contributed by atoms with Gasteiger partial charge in [0.2, 0.25) is 0 Å². The fourth-order valence-electron chi connectivity index (χ4n) is 4.49. The largest absolute Gasteiger partial charge is 0.382 e. The molecule has 0 aromatic heterocycles. The minimum atomic E-state index is 0.0685. The summed E-state index contributed by atoms with van der Waals surface area (Å²) in [7, 11) is 0. The molecular weight excluding hydrogens is 418 g/mol. The summed E-state index contributed by atoms with van der Waals surface area (Å²) < 4.78 is 0. The molecule has 0 fully saturated rings. The van der Waals surface area contributed by atoms with Crippen LogP contribution < -0.4 is 5.73 Å². The van der Waals surface area contributed by atoms with Crippen LogP contribution in [0.2, 0.25) is 0 Å². The van der Waals surface area contributed by atoms with E-state index in [1.165, 1.54) is 6.42 Å². The second-order valence-corrected chi connectivity index (χ2v) is 10.3. The van der Waals surface area contributed by atoms with Crippen molar-refractivity contribution in [3.05, 3.63) is 65.8 Å². The van der Waals surface area contributed by atoms with Gasteiger partial charge in [-0.3, -0.25) is 4.79 Å². The summed E-state index contributed by atoms with van der Waals surface area (Å²) in [4.78, 5) is 18.5. The highest BCUT2D eigenvalue weighted by atomic mass is 16.1. The van der Waals surface area contributed by atoms with E-state index in [-0.39, 0.29) is 11.7 Å². The average molecular weight is 464 g/mol. The van der Waals surface area contributed by atoms with Crippen molar-refractivity contribution in [3.8, 4) is 0 Å². The van der Waals surface area contributed by atoms with Crippen molar-refractivity contribution in [1.29, 1.82) is 0 Å². The Bertz CT molecular complexity index is 936. The molecule has 0 saturated heterocycles. The average Bonchev–Trinajstić information content (AvgIpc) is 2.82. The number of carbonyl (C=O) groups is 1. The van der Waals surface area contributed by atoms with Gasteiger partial charge in [0.1, 0.15) is 5.84 Å². The molecule has 0 saturated carbocycles. The highest BCUT2D eigenvalue weighted by molar-refractivity contribution is 6.05. The van der Waals surface area contributed by atoms with E-state index in [0.29, 0.717) is 29.2 Å². The van der Waals surface area contributed by atoms with Crippen molar-refractivity contribution < 1.29 is 4.79 Å². The summed E-state index contributed by atoms with van der Waals surface area (Å²) in [6.45, 7) is 19.8. The lowest BCUT2D eigenvalue weighted by atomic mass is 9.85. The molecule has 0 spiro atoms. The monoisotopic (exact) mass is 463 g/mol. The fourth-order valence-corrected chi connectivity index (χ4v) is 4.49. The molecule has 1 heterocycles. The lowest BCUT2D eigenvalue weighted by Gasteiger charge is -2.36. The third-order valence-corrected chi connectivity index (χ3v) is 7.13. The van der Waals surface area contributed by atoms with Crippen molar-refractivity contribution >= 4 is 17.2 Å². The highest BCUT2D eigenvalue weighted by Crippen LogP contribution is 2.37. The molecule has 0 bridgehead atoms. The van der Waals surface area contributed by atoms with Crippen molar-refractivity contribution in [2.75, 3.05) is 0 Å².